The summed E-state index contributed by atoms with van der Waals surface area (Å²) in [5.41, 5.74) is 5.84. The van der Waals surface area contributed by atoms with E-state index < -0.39 is 66.8 Å². The molecule has 2 aliphatic heterocycles. The SMILES string of the molecule is CC1OC(n2ccc(NC(=O)c3ccc(N)cc3)nc2=O)CC(O)C1OC1OC(C)C(N(C)C)C(O)C1O. The molecule has 1 aromatic heterocycles. The van der Waals surface area contributed by atoms with Crippen LogP contribution in [0, 0.1) is 0 Å². The molecule has 0 bridgehead atoms. The fraction of sp³-hybridized carbons (Fsp3) is 0.560. The minimum absolute atomic E-state index is 0.00498. The number of rotatable bonds is 6. The van der Waals surface area contributed by atoms with Gasteiger partial charge in [0.15, 0.2) is 6.29 Å². The molecule has 208 valence electrons. The Bertz CT molecular complexity index is 1160. The van der Waals surface area contributed by atoms with Gasteiger partial charge in [-0.2, -0.15) is 4.98 Å². The molecule has 4 rings (SSSR count). The Morgan fingerprint density at radius 3 is 2.39 bits per heavy atom. The van der Waals surface area contributed by atoms with Gasteiger partial charge in [-0.3, -0.25) is 9.36 Å². The molecule has 2 aliphatic rings. The number of aromatic nitrogens is 2. The van der Waals surface area contributed by atoms with Crippen molar-refractivity contribution in [3.63, 3.8) is 0 Å². The van der Waals surface area contributed by atoms with Crippen LogP contribution in [-0.4, -0.2) is 98.7 Å². The van der Waals surface area contributed by atoms with Crippen molar-refractivity contribution in [2.45, 2.75) is 75.5 Å². The van der Waals surface area contributed by atoms with Crippen LogP contribution < -0.4 is 16.7 Å². The third-order valence-corrected chi connectivity index (χ3v) is 6.91. The molecular formula is C25H35N5O8. The molecule has 1 aromatic carbocycles. The number of carbonyl (C=O) groups excluding carboxylic acids is 1. The molecule has 13 heteroatoms. The number of anilines is 2. The lowest BCUT2D eigenvalue weighted by molar-refractivity contribution is -0.322. The number of aliphatic hydroxyl groups is 3. The van der Waals surface area contributed by atoms with E-state index in [4.69, 9.17) is 19.9 Å². The minimum atomic E-state index is -1.33. The van der Waals surface area contributed by atoms with Gasteiger partial charge >= 0.3 is 5.69 Å². The first-order valence-corrected chi connectivity index (χ1v) is 12.4. The van der Waals surface area contributed by atoms with Crippen LogP contribution in [0.4, 0.5) is 11.5 Å². The predicted molar refractivity (Wildman–Crippen MR) is 136 cm³/mol. The van der Waals surface area contributed by atoms with Crippen molar-refractivity contribution in [2.75, 3.05) is 25.1 Å². The number of carbonyl (C=O) groups is 1. The summed E-state index contributed by atoms with van der Waals surface area (Å²) in [5.74, 6) is -0.387. The molecule has 0 saturated carbocycles. The van der Waals surface area contributed by atoms with E-state index in [-0.39, 0.29) is 12.2 Å². The van der Waals surface area contributed by atoms with Gasteiger partial charge in [0.05, 0.1) is 24.4 Å². The van der Waals surface area contributed by atoms with Gasteiger partial charge in [-0.15, -0.1) is 0 Å². The summed E-state index contributed by atoms with van der Waals surface area (Å²) in [6, 6.07) is 7.32. The lowest BCUT2D eigenvalue weighted by atomic mass is 9.95. The minimum Gasteiger partial charge on any atom is -0.399 e. The summed E-state index contributed by atoms with van der Waals surface area (Å²) in [7, 11) is 3.56. The molecule has 2 saturated heterocycles. The number of nitrogen functional groups attached to an aromatic ring is 1. The highest BCUT2D eigenvalue weighted by molar-refractivity contribution is 6.03. The van der Waals surface area contributed by atoms with E-state index in [0.29, 0.717) is 11.3 Å². The van der Waals surface area contributed by atoms with Crippen LogP contribution in [0.1, 0.15) is 36.9 Å². The molecule has 38 heavy (non-hydrogen) atoms. The van der Waals surface area contributed by atoms with Crippen LogP contribution >= 0.6 is 0 Å². The topological polar surface area (TPSA) is 182 Å². The average Bonchev–Trinajstić information content (AvgIpc) is 2.84. The van der Waals surface area contributed by atoms with Crippen molar-refractivity contribution in [1.29, 1.82) is 0 Å². The van der Waals surface area contributed by atoms with Crippen molar-refractivity contribution >= 4 is 17.4 Å². The third-order valence-electron chi connectivity index (χ3n) is 6.91. The Kier molecular flexibility index (Phi) is 8.47. The van der Waals surface area contributed by atoms with E-state index in [0.717, 1.165) is 0 Å². The monoisotopic (exact) mass is 533 g/mol. The number of hydrogen-bond acceptors (Lipinski definition) is 11. The number of aliphatic hydroxyl groups excluding tert-OH is 3. The molecule has 6 N–H and O–H groups in total. The van der Waals surface area contributed by atoms with Crippen molar-refractivity contribution in [3.8, 4) is 0 Å². The molecule has 13 nitrogen and oxygen atoms in total. The van der Waals surface area contributed by atoms with Crippen LogP contribution in [0.25, 0.3) is 0 Å². The molecule has 1 amide bonds. The number of nitrogens with zero attached hydrogens (tertiary/aromatic N) is 3. The standard InChI is InChI=1S/C25H35N5O8/c1-12-19(29(3)4)20(32)21(33)24(37-12)38-22-13(2)36-18(11-16(22)31)30-10-9-17(28-25(30)35)27-23(34)14-5-7-15(26)8-6-14/h5-10,12-13,16,18-22,24,31-33H,11,26H2,1-4H3,(H,27,28,34,35). The highest BCUT2D eigenvalue weighted by atomic mass is 16.7. The van der Waals surface area contributed by atoms with Crippen LogP contribution in [0.15, 0.2) is 41.3 Å². The summed E-state index contributed by atoms with van der Waals surface area (Å²) < 4.78 is 18.9. The van der Waals surface area contributed by atoms with Gasteiger partial charge in [0.25, 0.3) is 5.91 Å². The first-order chi connectivity index (χ1) is 18.0. The molecule has 9 unspecified atom stereocenters. The van der Waals surface area contributed by atoms with Crippen molar-refractivity contribution in [3.05, 3.63) is 52.6 Å². The van der Waals surface area contributed by atoms with Gasteiger partial charge in [-0.05, 0) is 58.3 Å². The van der Waals surface area contributed by atoms with Gasteiger partial charge in [-0.25, -0.2) is 4.79 Å². The van der Waals surface area contributed by atoms with Crippen LogP contribution in [0.3, 0.4) is 0 Å². The van der Waals surface area contributed by atoms with Crippen molar-refractivity contribution in [1.82, 2.24) is 14.5 Å². The molecule has 3 heterocycles. The van der Waals surface area contributed by atoms with Crippen LogP contribution in [0.5, 0.6) is 0 Å². The predicted octanol–water partition coefficient (Wildman–Crippen LogP) is -0.472. The van der Waals surface area contributed by atoms with Gasteiger partial charge in [0, 0.05) is 23.9 Å². The van der Waals surface area contributed by atoms with Gasteiger partial charge < -0.3 is 45.5 Å². The van der Waals surface area contributed by atoms with E-state index in [2.05, 4.69) is 10.3 Å². The van der Waals surface area contributed by atoms with Crippen molar-refractivity contribution < 1.29 is 34.3 Å². The number of benzene rings is 1. The first kappa shape index (κ1) is 28.1. The summed E-state index contributed by atoms with van der Waals surface area (Å²) >= 11 is 0. The maximum atomic E-state index is 12.7. The van der Waals surface area contributed by atoms with Gasteiger partial charge in [0.1, 0.15) is 30.4 Å². The molecule has 9 atom stereocenters. The molecule has 2 aromatic rings. The second-order valence-electron chi connectivity index (χ2n) is 9.92. The van der Waals surface area contributed by atoms with Gasteiger partial charge in [-0.1, -0.05) is 0 Å². The Balaban J connectivity index is 1.40. The van der Waals surface area contributed by atoms with Crippen molar-refractivity contribution in [2.24, 2.45) is 0 Å². The Morgan fingerprint density at radius 1 is 1.11 bits per heavy atom. The van der Waals surface area contributed by atoms with Gasteiger partial charge in [0.2, 0.25) is 0 Å². The number of nitrogens with one attached hydrogen (secondary N) is 1. The lowest BCUT2D eigenvalue weighted by Crippen LogP contribution is -2.63. The van der Waals surface area contributed by atoms with E-state index in [1.54, 1.807) is 57.1 Å². The Hall–Kier alpha value is -2.91. The number of nitrogens with two attached hydrogens (primary N) is 1. The Morgan fingerprint density at radius 2 is 1.79 bits per heavy atom. The first-order valence-electron chi connectivity index (χ1n) is 12.4. The molecule has 0 radical (unpaired) electrons. The molecule has 2 fully saturated rings. The lowest BCUT2D eigenvalue weighted by Gasteiger charge is -2.46. The fourth-order valence-corrected chi connectivity index (χ4v) is 4.95. The second-order valence-corrected chi connectivity index (χ2v) is 9.92. The maximum absolute atomic E-state index is 12.7. The highest BCUT2D eigenvalue weighted by Gasteiger charge is 2.47. The number of ether oxygens (including phenoxy) is 3. The fourth-order valence-electron chi connectivity index (χ4n) is 4.95. The normalized spacial score (nSPS) is 33.7. The molecule has 0 spiro atoms. The smallest absolute Gasteiger partial charge is 0.351 e. The summed E-state index contributed by atoms with van der Waals surface area (Å²) in [6.07, 6.45) is -6.16. The van der Waals surface area contributed by atoms with E-state index >= 15 is 0 Å². The zero-order valence-corrected chi connectivity index (χ0v) is 21.7. The Labute approximate surface area is 219 Å². The number of amides is 1. The average molecular weight is 534 g/mol. The quantitative estimate of drug-likeness (QED) is 0.303. The largest absolute Gasteiger partial charge is 0.399 e. The summed E-state index contributed by atoms with van der Waals surface area (Å²) in [5, 5.41) is 34.6. The van der Waals surface area contributed by atoms with Crippen LogP contribution in [0.2, 0.25) is 0 Å². The highest BCUT2D eigenvalue weighted by Crippen LogP contribution is 2.32. The molecule has 0 aliphatic carbocycles. The van der Waals surface area contributed by atoms with Crippen LogP contribution in [-0.2, 0) is 14.2 Å². The third kappa shape index (κ3) is 5.89. The number of hydrogen-bond donors (Lipinski definition) is 5. The second kappa shape index (κ2) is 11.5. The zero-order chi connectivity index (χ0) is 27.7. The zero-order valence-electron chi connectivity index (χ0n) is 21.7. The molecular weight excluding hydrogens is 498 g/mol. The van der Waals surface area contributed by atoms with E-state index in [9.17, 15) is 24.9 Å². The summed E-state index contributed by atoms with van der Waals surface area (Å²) in [6.45, 7) is 3.43. The number of likely N-dealkylation sites (N-methyl/N-ethyl adjacent to an activating group) is 1. The van der Waals surface area contributed by atoms with E-state index in [1.165, 1.54) is 16.8 Å². The summed E-state index contributed by atoms with van der Waals surface area (Å²) in [4.78, 5) is 30.8. The maximum Gasteiger partial charge on any atom is 0.351 e. The van der Waals surface area contributed by atoms with E-state index in [1.807, 2.05) is 0 Å².